The minimum Gasteiger partial charge on any atom is -0.383 e. The largest absolute Gasteiger partial charge is 0.383 e. The second-order valence-corrected chi connectivity index (χ2v) is 3.26. The quantitative estimate of drug-likeness (QED) is 0.679. The SMILES string of the molecule is COC[C@@H]1NCCc2c1nnn2C. The highest BCUT2D eigenvalue weighted by molar-refractivity contribution is 5.18. The molecule has 0 aromatic carbocycles. The Bertz CT molecular complexity index is 296. The molecule has 1 aliphatic heterocycles. The molecule has 2 heterocycles. The maximum atomic E-state index is 5.11. The van der Waals surface area contributed by atoms with Crippen LogP contribution in [0, 0.1) is 0 Å². The van der Waals surface area contributed by atoms with E-state index in [1.807, 2.05) is 11.7 Å². The van der Waals surface area contributed by atoms with Crippen LogP contribution in [0.4, 0.5) is 0 Å². The number of hydrogen-bond acceptors (Lipinski definition) is 4. The monoisotopic (exact) mass is 182 g/mol. The van der Waals surface area contributed by atoms with E-state index < -0.39 is 0 Å². The van der Waals surface area contributed by atoms with Crippen LogP contribution in [0.5, 0.6) is 0 Å². The van der Waals surface area contributed by atoms with Gasteiger partial charge in [-0.2, -0.15) is 0 Å². The lowest BCUT2D eigenvalue weighted by atomic mass is 10.1. The summed E-state index contributed by atoms with van der Waals surface area (Å²) in [5.74, 6) is 0. The lowest BCUT2D eigenvalue weighted by Gasteiger charge is -2.21. The Morgan fingerprint density at radius 2 is 2.54 bits per heavy atom. The fourth-order valence-electron chi connectivity index (χ4n) is 1.72. The van der Waals surface area contributed by atoms with Crippen molar-refractivity contribution in [1.29, 1.82) is 0 Å². The average Bonchev–Trinajstić information content (AvgIpc) is 2.50. The van der Waals surface area contributed by atoms with Gasteiger partial charge in [0, 0.05) is 27.1 Å². The van der Waals surface area contributed by atoms with Crippen LogP contribution in [0.15, 0.2) is 0 Å². The van der Waals surface area contributed by atoms with Crippen LogP contribution in [-0.2, 0) is 18.2 Å². The van der Waals surface area contributed by atoms with Crippen LogP contribution in [0.25, 0.3) is 0 Å². The summed E-state index contributed by atoms with van der Waals surface area (Å²) in [5, 5.41) is 11.5. The number of methoxy groups -OCH3 is 1. The molecule has 0 unspecified atom stereocenters. The minimum absolute atomic E-state index is 0.211. The van der Waals surface area contributed by atoms with E-state index in [0.717, 1.165) is 18.7 Å². The zero-order valence-corrected chi connectivity index (χ0v) is 7.95. The Kier molecular flexibility index (Phi) is 2.28. The number of hydrogen-bond donors (Lipinski definition) is 1. The van der Waals surface area contributed by atoms with Crippen LogP contribution < -0.4 is 5.32 Å². The fraction of sp³-hybridized carbons (Fsp3) is 0.750. The molecule has 5 nitrogen and oxygen atoms in total. The number of aromatic nitrogens is 3. The zero-order chi connectivity index (χ0) is 9.26. The zero-order valence-electron chi connectivity index (χ0n) is 7.95. The number of aryl methyl sites for hydroxylation is 1. The summed E-state index contributed by atoms with van der Waals surface area (Å²) < 4.78 is 6.95. The summed E-state index contributed by atoms with van der Waals surface area (Å²) in [6, 6.07) is 0.211. The molecule has 13 heavy (non-hydrogen) atoms. The summed E-state index contributed by atoms with van der Waals surface area (Å²) in [6.07, 6.45) is 0.999. The third-order valence-electron chi connectivity index (χ3n) is 2.39. The Hall–Kier alpha value is -0.940. The van der Waals surface area contributed by atoms with E-state index in [4.69, 9.17) is 4.74 Å². The van der Waals surface area contributed by atoms with Crippen LogP contribution in [0.3, 0.4) is 0 Å². The van der Waals surface area contributed by atoms with Gasteiger partial charge in [0.05, 0.1) is 18.3 Å². The molecule has 5 heteroatoms. The van der Waals surface area contributed by atoms with E-state index in [1.165, 1.54) is 5.69 Å². The third-order valence-corrected chi connectivity index (χ3v) is 2.39. The Labute approximate surface area is 77.1 Å². The molecular weight excluding hydrogens is 168 g/mol. The standard InChI is InChI=1S/C8H14N4O/c1-12-7-3-4-9-6(5-13-2)8(7)10-11-12/h6,9H,3-5H2,1-2H3/t6-/m0/s1. The predicted octanol–water partition coefficient (Wildman–Crippen LogP) is -0.352. The molecule has 1 atom stereocenters. The first-order valence-electron chi connectivity index (χ1n) is 4.43. The van der Waals surface area contributed by atoms with E-state index in [-0.39, 0.29) is 6.04 Å². The normalized spacial score (nSPS) is 21.5. The lowest BCUT2D eigenvalue weighted by Crippen LogP contribution is -2.33. The van der Waals surface area contributed by atoms with E-state index in [0.29, 0.717) is 6.61 Å². The molecule has 0 aliphatic carbocycles. The first-order valence-corrected chi connectivity index (χ1v) is 4.43. The number of fused-ring (bicyclic) bond motifs is 1. The fourth-order valence-corrected chi connectivity index (χ4v) is 1.72. The molecule has 1 aromatic heterocycles. The second-order valence-electron chi connectivity index (χ2n) is 3.26. The number of rotatable bonds is 2. The van der Waals surface area contributed by atoms with Gasteiger partial charge in [0.15, 0.2) is 0 Å². The molecule has 0 saturated carbocycles. The minimum atomic E-state index is 0.211. The molecule has 72 valence electrons. The van der Waals surface area contributed by atoms with Crippen molar-refractivity contribution >= 4 is 0 Å². The van der Waals surface area contributed by atoms with Crippen LogP contribution >= 0.6 is 0 Å². The van der Waals surface area contributed by atoms with Crippen molar-refractivity contribution in [2.75, 3.05) is 20.3 Å². The first-order chi connectivity index (χ1) is 6.33. The molecule has 0 saturated heterocycles. The Morgan fingerprint density at radius 1 is 1.69 bits per heavy atom. The number of ether oxygens (including phenoxy) is 1. The van der Waals surface area contributed by atoms with Gasteiger partial charge < -0.3 is 10.1 Å². The summed E-state index contributed by atoms with van der Waals surface area (Å²) in [4.78, 5) is 0. The maximum absolute atomic E-state index is 5.11. The van der Waals surface area contributed by atoms with Gasteiger partial charge in [0.1, 0.15) is 5.69 Å². The van der Waals surface area contributed by atoms with E-state index in [9.17, 15) is 0 Å². The summed E-state index contributed by atoms with van der Waals surface area (Å²) in [7, 11) is 3.63. The first kappa shape index (κ1) is 8.65. The Morgan fingerprint density at radius 3 is 3.31 bits per heavy atom. The van der Waals surface area contributed by atoms with E-state index in [2.05, 4.69) is 15.6 Å². The van der Waals surface area contributed by atoms with Crippen molar-refractivity contribution in [3.05, 3.63) is 11.4 Å². The molecule has 1 N–H and O–H groups in total. The molecule has 0 fully saturated rings. The maximum Gasteiger partial charge on any atom is 0.105 e. The topological polar surface area (TPSA) is 52.0 Å². The molecule has 0 spiro atoms. The van der Waals surface area contributed by atoms with Crippen molar-refractivity contribution < 1.29 is 4.74 Å². The second kappa shape index (κ2) is 3.43. The number of nitrogens with zero attached hydrogens (tertiary/aromatic N) is 3. The highest BCUT2D eigenvalue weighted by Crippen LogP contribution is 2.19. The molecule has 2 rings (SSSR count). The van der Waals surface area contributed by atoms with Crippen molar-refractivity contribution in [2.45, 2.75) is 12.5 Å². The lowest BCUT2D eigenvalue weighted by molar-refractivity contribution is 0.162. The number of nitrogens with one attached hydrogen (secondary N) is 1. The third kappa shape index (κ3) is 1.45. The van der Waals surface area contributed by atoms with Crippen molar-refractivity contribution in [1.82, 2.24) is 20.3 Å². The van der Waals surface area contributed by atoms with Gasteiger partial charge in [-0.25, -0.2) is 0 Å². The smallest absolute Gasteiger partial charge is 0.105 e. The molecule has 1 aromatic rings. The molecule has 0 radical (unpaired) electrons. The highest BCUT2D eigenvalue weighted by atomic mass is 16.5. The van der Waals surface area contributed by atoms with Gasteiger partial charge in [0.25, 0.3) is 0 Å². The van der Waals surface area contributed by atoms with Crippen molar-refractivity contribution in [3.8, 4) is 0 Å². The summed E-state index contributed by atoms with van der Waals surface area (Å²) in [5.41, 5.74) is 2.26. The van der Waals surface area contributed by atoms with Crippen LogP contribution in [0.2, 0.25) is 0 Å². The van der Waals surface area contributed by atoms with E-state index >= 15 is 0 Å². The van der Waals surface area contributed by atoms with Gasteiger partial charge in [-0.3, -0.25) is 4.68 Å². The van der Waals surface area contributed by atoms with E-state index in [1.54, 1.807) is 7.11 Å². The van der Waals surface area contributed by atoms with Crippen LogP contribution in [-0.4, -0.2) is 35.3 Å². The molecule has 0 amide bonds. The predicted molar refractivity (Wildman–Crippen MR) is 47.3 cm³/mol. The van der Waals surface area contributed by atoms with Gasteiger partial charge in [0.2, 0.25) is 0 Å². The molecule has 0 bridgehead atoms. The summed E-state index contributed by atoms with van der Waals surface area (Å²) in [6.45, 7) is 1.63. The van der Waals surface area contributed by atoms with Crippen molar-refractivity contribution in [3.63, 3.8) is 0 Å². The molecular formula is C8H14N4O. The van der Waals surface area contributed by atoms with Crippen molar-refractivity contribution in [2.24, 2.45) is 7.05 Å². The van der Waals surface area contributed by atoms with Gasteiger partial charge in [-0.15, -0.1) is 5.10 Å². The van der Waals surface area contributed by atoms with Gasteiger partial charge in [-0.05, 0) is 0 Å². The highest BCUT2D eigenvalue weighted by Gasteiger charge is 2.24. The molecule has 1 aliphatic rings. The Balaban J connectivity index is 2.27. The van der Waals surface area contributed by atoms with Gasteiger partial charge >= 0.3 is 0 Å². The average molecular weight is 182 g/mol. The van der Waals surface area contributed by atoms with Crippen LogP contribution in [0.1, 0.15) is 17.4 Å². The summed E-state index contributed by atoms with van der Waals surface area (Å²) >= 11 is 0. The van der Waals surface area contributed by atoms with Gasteiger partial charge in [-0.1, -0.05) is 5.21 Å².